The van der Waals surface area contributed by atoms with E-state index in [1.54, 1.807) is 0 Å². The predicted octanol–water partition coefficient (Wildman–Crippen LogP) is 8.04. The minimum absolute atomic E-state index is 0.0243. The summed E-state index contributed by atoms with van der Waals surface area (Å²) in [6.45, 7) is 5.06. The van der Waals surface area contributed by atoms with Gasteiger partial charge >= 0.3 is 5.97 Å². The van der Waals surface area contributed by atoms with E-state index in [4.69, 9.17) is 4.74 Å². The molecule has 0 radical (unpaired) electrons. The normalized spacial score (nSPS) is 24.4. The van der Waals surface area contributed by atoms with Crippen molar-refractivity contribution in [1.29, 1.82) is 0 Å². The lowest BCUT2D eigenvalue weighted by molar-refractivity contribution is 0.0732. The minimum atomic E-state index is -1.08. The number of benzene rings is 2. The molecule has 34 heavy (non-hydrogen) atoms. The first-order chi connectivity index (χ1) is 16.3. The summed E-state index contributed by atoms with van der Waals surface area (Å²) in [6, 6.07) is 3.64. The molecule has 0 heterocycles. The molecule has 0 aromatic heterocycles. The van der Waals surface area contributed by atoms with Crippen molar-refractivity contribution in [2.24, 2.45) is 17.8 Å². The fraction of sp³-hybridized carbons (Fsp3) is 0.464. The number of hydrogen-bond acceptors (Lipinski definition) is 2. The van der Waals surface area contributed by atoms with Crippen LogP contribution in [0.15, 0.2) is 36.9 Å². The molecule has 0 bridgehead atoms. The number of allylic oxidation sites excluding steroid dienone is 1. The summed E-state index contributed by atoms with van der Waals surface area (Å²) in [7, 11) is 0. The molecule has 2 aromatic rings. The Labute approximate surface area is 198 Å². The van der Waals surface area contributed by atoms with Crippen LogP contribution in [-0.2, 0) is 0 Å². The molecule has 2 aromatic carbocycles. The van der Waals surface area contributed by atoms with Crippen molar-refractivity contribution in [2.75, 3.05) is 0 Å². The Hall–Kier alpha value is -2.63. The second-order valence-electron chi connectivity index (χ2n) is 9.83. The van der Waals surface area contributed by atoms with Crippen molar-refractivity contribution in [3.63, 3.8) is 0 Å². The van der Waals surface area contributed by atoms with E-state index in [1.165, 1.54) is 19.8 Å². The third-order valence-corrected chi connectivity index (χ3v) is 7.69. The van der Waals surface area contributed by atoms with Crippen LogP contribution in [0.25, 0.3) is 0 Å². The average molecular weight is 475 g/mol. The second kappa shape index (κ2) is 10.3. The molecule has 2 fully saturated rings. The fourth-order valence-corrected chi connectivity index (χ4v) is 5.80. The Balaban J connectivity index is 1.45. The number of carbonyl (C=O) groups excluding carboxylic acids is 1. The molecule has 0 saturated heterocycles. The summed E-state index contributed by atoms with van der Waals surface area (Å²) in [5, 5.41) is 0. The Kier molecular flexibility index (Phi) is 7.44. The molecule has 0 spiro atoms. The van der Waals surface area contributed by atoms with E-state index < -0.39 is 29.2 Å². The second-order valence-corrected chi connectivity index (χ2v) is 9.83. The van der Waals surface area contributed by atoms with Gasteiger partial charge in [-0.1, -0.05) is 12.5 Å². The third-order valence-electron chi connectivity index (χ3n) is 7.69. The molecule has 182 valence electrons. The van der Waals surface area contributed by atoms with E-state index in [0.717, 1.165) is 62.8 Å². The van der Waals surface area contributed by atoms with Gasteiger partial charge in [0.2, 0.25) is 0 Å². The first-order valence-electron chi connectivity index (χ1n) is 12.0. The number of esters is 1. The number of hydrogen-bond donors (Lipinski definition) is 0. The van der Waals surface area contributed by atoms with E-state index in [2.05, 4.69) is 6.58 Å². The van der Waals surface area contributed by atoms with Gasteiger partial charge in [0.05, 0.1) is 5.56 Å². The number of rotatable bonds is 6. The van der Waals surface area contributed by atoms with Crippen molar-refractivity contribution >= 4 is 5.97 Å². The van der Waals surface area contributed by atoms with E-state index in [1.807, 2.05) is 6.08 Å². The molecular weight excluding hydrogens is 444 g/mol. The summed E-state index contributed by atoms with van der Waals surface area (Å²) in [5.74, 6) is -3.19. The first-order valence-corrected chi connectivity index (χ1v) is 12.0. The monoisotopic (exact) mass is 474 g/mol. The Morgan fingerprint density at radius 3 is 2.21 bits per heavy atom. The molecule has 6 heteroatoms. The average Bonchev–Trinajstić information content (AvgIpc) is 2.80. The van der Waals surface area contributed by atoms with E-state index in [9.17, 15) is 13.6 Å². The highest BCUT2D eigenvalue weighted by molar-refractivity contribution is 5.91. The van der Waals surface area contributed by atoms with Crippen molar-refractivity contribution < 1.29 is 27.1 Å². The molecule has 4 unspecified atom stereocenters. The summed E-state index contributed by atoms with van der Waals surface area (Å²) in [5.41, 5.74) is -0.519. The molecule has 4 rings (SSSR count). The van der Waals surface area contributed by atoms with Crippen LogP contribution in [0.4, 0.5) is 17.6 Å². The minimum Gasteiger partial charge on any atom is -0.423 e. The van der Waals surface area contributed by atoms with Crippen molar-refractivity contribution in [3.05, 3.63) is 76.9 Å². The van der Waals surface area contributed by atoms with Crippen LogP contribution in [0, 0.1) is 47.9 Å². The zero-order valence-corrected chi connectivity index (χ0v) is 19.4. The Morgan fingerprint density at radius 1 is 0.941 bits per heavy atom. The van der Waals surface area contributed by atoms with Gasteiger partial charge in [-0.25, -0.2) is 22.4 Å². The highest BCUT2D eigenvalue weighted by Gasteiger charge is 2.37. The number of halogens is 4. The lowest BCUT2D eigenvalue weighted by Gasteiger charge is -2.42. The summed E-state index contributed by atoms with van der Waals surface area (Å²) < 4.78 is 62.4. The smallest absolute Gasteiger partial charge is 0.343 e. The zero-order chi connectivity index (χ0) is 24.4. The molecule has 4 atom stereocenters. The molecule has 2 saturated carbocycles. The van der Waals surface area contributed by atoms with Crippen molar-refractivity contribution in [1.82, 2.24) is 0 Å². The number of fused-ring (bicyclic) bond motifs is 1. The number of carbonyl (C=O) groups is 1. The van der Waals surface area contributed by atoms with E-state index in [0.29, 0.717) is 17.8 Å². The maximum atomic E-state index is 15.0. The SMILES string of the molecule is C=CCCC1CCC2CC(c3c(F)cc(C(=O)Oc4cc(F)c(C)c(F)c4)cc3F)CCC2C1. The fourth-order valence-electron chi connectivity index (χ4n) is 5.80. The topological polar surface area (TPSA) is 26.3 Å². The van der Waals surface area contributed by atoms with Crippen LogP contribution < -0.4 is 4.74 Å². The van der Waals surface area contributed by atoms with Crippen LogP contribution in [0.2, 0.25) is 0 Å². The highest BCUT2D eigenvalue weighted by Crippen LogP contribution is 2.49. The highest BCUT2D eigenvalue weighted by atomic mass is 19.1. The van der Waals surface area contributed by atoms with Gasteiger partial charge in [0.15, 0.2) is 0 Å². The Morgan fingerprint density at radius 2 is 1.56 bits per heavy atom. The van der Waals surface area contributed by atoms with Crippen LogP contribution in [0.5, 0.6) is 5.75 Å². The van der Waals surface area contributed by atoms with Crippen LogP contribution in [0.3, 0.4) is 0 Å². The van der Waals surface area contributed by atoms with E-state index in [-0.39, 0.29) is 28.4 Å². The van der Waals surface area contributed by atoms with Gasteiger partial charge in [0.1, 0.15) is 29.0 Å². The molecular formula is C28H30F4O2. The van der Waals surface area contributed by atoms with Crippen LogP contribution in [-0.4, -0.2) is 5.97 Å². The predicted molar refractivity (Wildman–Crippen MR) is 123 cm³/mol. The van der Waals surface area contributed by atoms with Gasteiger partial charge in [-0.3, -0.25) is 0 Å². The summed E-state index contributed by atoms with van der Waals surface area (Å²) in [4.78, 5) is 12.4. The molecule has 2 aliphatic carbocycles. The van der Waals surface area contributed by atoms with Gasteiger partial charge in [0.25, 0.3) is 0 Å². The van der Waals surface area contributed by atoms with Gasteiger partial charge in [-0.05, 0) is 87.7 Å². The zero-order valence-electron chi connectivity index (χ0n) is 19.4. The maximum absolute atomic E-state index is 15.0. The number of ether oxygens (including phenoxy) is 1. The lowest BCUT2D eigenvalue weighted by atomic mass is 9.63. The van der Waals surface area contributed by atoms with Gasteiger partial charge in [-0.15, -0.1) is 6.58 Å². The van der Waals surface area contributed by atoms with Crippen molar-refractivity contribution in [2.45, 2.75) is 64.2 Å². The third kappa shape index (κ3) is 5.21. The Bertz CT molecular complexity index is 1030. The van der Waals surface area contributed by atoms with Gasteiger partial charge in [0, 0.05) is 23.3 Å². The molecule has 0 amide bonds. The maximum Gasteiger partial charge on any atom is 0.343 e. The first kappa shape index (κ1) is 24.5. The van der Waals surface area contributed by atoms with Gasteiger partial charge < -0.3 is 4.74 Å². The summed E-state index contributed by atoms with van der Waals surface area (Å²) in [6.07, 6.45) is 9.99. The summed E-state index contributed by atoms with van der Waals surface area (Å²) >= 11 is 0. The van der Waals surface area contributed by atoms with Gasteiger partial charge in [-0.2, -0.15) is 0 Å². The van der Waals surface area contributed by atoms with E-state index >= 15 is 8.78 Å². The lowest BCUT2D eigenvalue weighted by Crippen LogP contribution is -2.31. The largest absolute Gasteiger partial charge is 0.423 e. The van der Waals surface area contributed by atoms with Crippen LogP contribution >= 0.6 is 0 Å². The molecule has 0 N–H and O–H groups in total. The molecule has 2 nitrogen and oxygen atoms in total. The standard InChI is InChI=1S/C28H30F4O2/c1-3-4-5-17-6-7-19-11-20(9-8-18(19)10-17)27-25(31)12-21(13-26(27)32)28(33)34-22-14-23(29)16(2)24(30)15-22/h3,12-15,17-20H,1,4-11H2,2H3. The molecule has 2 aliphatic rings. The van der Waals surface area contributed by atoms with Crippen molar-refractivity contribution in [3.8, 4) is 5.75 Å². The quantitative estimate of drug-likeness (QED) is 0.183. The van der Waals surface area contributed by atoms with Crippen LogP contribution in [0.1, 0.15) is 78.8 Å². The molecule has 0 aliphatic heterocycles.